The molecule has 0 spiro atoms. The quantitative estimate of drug-likeness (QED) is 0.703. The number of carbonyl (C=O) groups is 2. The summed E-state index contributed by atoms with van der Waals surface area (Å²) in [4.78, 5) is 24.2. The Morgan fingerprint density at radius 2 is 2.44 bits per heavy atom. The van der Waals surface area contributed by atoms with E-state index in [0.29, 0.717) is 18.8 Å². The molecular formula is C14H18O4. The molecule has 98 valence electrons. The molecule has 0 amide bonds. The smallest absolute Gasteiger partial charge is 0.320 e. The van der Waals surface area contributed by atoms with Crippen molar-refractivity contribution >= 4 is 11.8 Å². The van der Waals surface area contributed by atoms with E-state index in [0.717, 1.165) is 25.7 Å². The highest BCUT2D eigenvalue weighted by Gasteiger charge is 2.63. The fourth-order valence-corrected chi connectivity index (χ4v) is 3.66. The van der Waals surface area contributed by atoms with Crippen molar-refractivity contribution in [2.24, 2.45) is 11.3 Å². The predicted molar refractivity (Wildman–Crippen MR) is 63.6 cm³/mol. The normalized spacial score (nSPS) is 37.6. The number of ether oxygens (including phenoxy) is 2. The van der Waals surface area contributed by atoms with Crippen molar-refractivity contribution in [3.63, 3.8) is 0 Å². The zero-order chi connectivity index (χ0) is 12.8. The Morgan fingerprint density at radius 3 is 3.22 bits per heavy atom. The van der Waals surface area contributed by atoms with E-state index in [4.69, 9.17) is 9.47 Å². The van der Waals surface area contributed by atoms with Gasteiger partial charge in [-0.25, -0.2) is 0 Å². The summed E-state index contributed by atoms with van der Waals surface area (Å²) in [5, 5.41) is 0. The summed E-state index contributed by atoms with van der Waals surface area (Å²) in [6.45, 7) is 2.19. The molecule has 3 aliphatic rings. The Morgan fingerprint density at radius 1 is 1.61 bits per heavy atom. The van der Waals surface area contributed by atoms with Gasteiger partial charge in [-0.1, -0.05) is 0 Å². The number of Topliss-reactive ketones (excluding diaryl/α,β-unsaturated/α-hetero) is 1. The number of allylic oxidation sites excluding steroid dienone is 1. The largest absolute Gasteiger partial charge is 0.486 e. The van der Waals surface area contributed by atoms with Gasteiger partial charge in [0.25, 0.3) is 0 Å². The highest BCUT2D eigenvalue weighted by Crippen LogP contribution is 2.57. The van der Waals surface area contributed by atoms with E-state index in [1.807, 2.05) is 13.0 Å². The van der Waals surface area contributed by atoms with Crippen LogP contribution in [0, 0.1) is 11.3 Å². The van der Waals surface area contributed by atoms with Crippen molar-refractivity contribution in [2.45, 2.75) is 45.1 Å². The van der Waals surface area contributed by atoms with E-state index in [-0.39, 0.29) is 17.7 Å². The van der Waals surface area contributed by atoms with Gasteiger partial charge in [0.05, 0.1) is 6.61 Å². The van der Waals surface area contributed by atoms with Gasteiger partial charge in [-0.3, -0.25) is 9.59 Å². The predicted octanol–water partition coefficient (Wildman–Crippen LogP) is 1.98. The summed E-state index contributed by atoms with van der Waals surface area (Å²) >= 11 is 0. The maximum absolute atomic E-state index is 12.4. The number of esters is 1. The van der Waals surface area contributed by atoms with Crippen LogP contribution < -0.4 is 0 Å². The first kappa shape index (κ1) is 11.8. The molecule has 3 unspecified atom stereocenters. The first-order valence-corrected chi connectivity index (χ1v) is 6.77. The highest BCUT2D eigenvalue weighted by molar-refractivity contribution is 5.91. The fraction of sp³-hybridized carbons (Fsp3) is 0.714. The van der Waals surface area contributed by atoms with E-state index in [1.165, 1.54) is 0 Å². The molecule has 0 aromatic heterocycles. The summed E-state index contributed by atoms with van der Waals surface area (Å²) in [6.07, 6.45) is 5.49. The Balaban J connectivity index is 2.01. The van der Waals surface area contributed by atoms with Gasteiger partial charge in [-0.05, 0) is 38.7 Å². The zero-order valence-corrected chi connectivity index (χ0v) is 10.6. The molecule has 0 bridgehead atoms. The van der Waals surface area contributed by atoms with Crippen LogP contribution in [0.2, 0.25) is 0 Å². The lowest BCUT2D eigenvalue weighted by Gasteiger charge is -2.32. The van der Waals surface area contributed by atoms with Crippen LogP contribution in [0.25, 0.3) is 0 Å². The van der Waals surface area contributed by atoms with Crippen LogP contribution >= 0.6 is 0 Å². The fourth-order valence-electron chi connectivity index (χ4n) is 3.66. The molecule has 4 heteroatoms. The van der Waals surface area contributed by atoms with Crippen molar-refractivity contribution in [3.8, 4) is 0 Å². The number of fused-ring (bicyclic) bond motifs is 3. The van der Waals surface area contributed by atoms with Gasteiger partial charge in [0, 0.05) is 12.3 Å². The van der Waals surface area contributed by atoms with Crippen LogP contribution in [0.15, 0.2) is 11.8 Å². The Kier molecular flexibility index (Phi) is 2.68. The average Bonchev–Trinajstić information content (AvgIpc) is 2.89. The van der Waals surface area contributed by atoms with Gasteiger partial charge in [0.1, 0.15) is 11.2 Å². The minimum absolute atomic E-state index is 0.00407. The van der Waals surface area contributed by atoms with Gasteiger partial charge in [-0.15, -0.1) is 0 Å². The lowest BCUT2D eigenvalue weighted by Crippen LogP contribution is -2.40. The second-order valence-corrected chi connectivity index (χ2v) is 5.30. The van der Waals surface area contributed by atoms with Crippen LogP contribution in [0.5, 0.6) is 0 Å². The van der Waals surface area contributed by atoms with Crippen LogP contribution in [-0.2, 0) is 19.1 Å². The second kappa shape index (κ2) is 4.11. The van der Waals surface area contributed by atoms with Gasteiger partial charge in [0.2, 0.25) is 0 Å². The Labute approximate surface area is 106 Å². The van der Waals surface area contributed by atoms with Crippen molar-refractivity contribution in [1.29, 1.82) is 0 Å². The lowest BCUT2D eigenvalue weighted by molar-refractivity contribution is -0.156. The highest BCUT2D eigenvalue weighted by atomic mass is 16.5. The molecule has 3 rings (SSSR count). The molecule has 1 saturated carbocycles. The summed E-state index contributed by atoms with van der Waals surface area (Å²) in [5.41, 5.74) is -0.662. The van der Waals surface area contributed by atoms with E-state index in [9.17, 15) is 9.59 Å². The number of hydrogen-bond acceptors (Lipinski definition) is 4. The third kappa shape index (κ3) is 1.38. The van der Waals surface area contributed by atoms with Gasteiger partial charge in [0.15, 0.2) is 11.9 Å². The number of hydrogen-bond donors (Lipinski definition) is 0. The third-order valence-corrected chi connectivity index (χ3v) is 4.46. The Bertz CT molecular complexity index is 426. The standard InChI is InChI=1S/C14H18O4/c1-2-17-13(16)14-8-4-3-5-11(14)18-12-9(14)6-7-10(12)15/h5,9,12H,2-4,6-8H2,1H3. The topological polar surface area (TPSA) is 52.6 Å². The van der Waals surface area contributed by atoms with Gasteiger partial charge in [-0.2, -0.15) is 0 Å². The van der Waals surface area contributed by atoms with Gasteiger partial charge >= 0.3 is 5.97 Å². The molecule has 3 atom stereocenters. The molecule has 0 N–H and O–H groups in total. The second-order valence-electron chi connectivity index (χ2n) is 5.30. The number of ketones is 1. The molecule has 1 heterocycles. The molecular weight excluding hydrogens is 232 g/mol. The minimum Gasteiger partial charge on any atom is -0.486 e. The first-order chi connectivity index (χ1) is 8.70. The monoisotopic (exact) mass is 250 g/mol. The maximum atomic E-state index is 12.4. The number of carbonyl (C=O) groups excluding carboxylic acids is 2. The van der Waals surface area contributed by atoms with Crippen LogP contribution in [0.4, 0.5) is 0 Å². The van der Waals surface area contributed by atoms with E-state index in [1.54, 1.807) is 0 Å². The van der Waals surface area contributed by atoms with E-state index < -0.39 is 11.5 Å². The van der Waals surface area contributed by atoms with Crippen molar-refractivity contribution in [2.75, 3.05) is 6.61 Å². The molecule has 18 heavy (non-hydrogen) atoms. The van der Waals surface area contributed by atoms with Crippen LogP contribution in [0.1, 0.15) is 39.0 Å². The van der Waals surface area contributed by atoms with E-state index >= 15 is 0 Å². The van der Waals surface area contributed by atoms with Crippen LogP contribution in [-0.4, -0.2) is 24.5 Å². The van der Waals surface area contributed by atoms with Crippen molar-refractivity contribution in [3.05, 3.63) is 11.8 Å². The first-order valence-electron chi connectivity index (χ1n) is 6.77. The molecule has 1 saturated heterocycles. The average molecular weight is 250 g/mol. The molecule has 1 aliphatic heterocycles. The molecule has 0 radical (unpaired) electrons. The van der Waals surface area contributed by atoms with Crippen LogP contribution in [0.3, 0.4) is 0 Å². The van der Waals surface area contributed by atoms with Crippen molar-refractivity contribution < 1.29 is 19.1 Å². The summed E-state index contributed by atoms with van der Waals surface area (Å²) in [5.74, 6) is 0.642. The summed E-state index contributed by atoms with van der Waals surface area (Å²) in [7, 11) is 0. The maximum Gasteiger partial charge on any atom is 0.320 e. The van der Waals surface area contributed by atoms with Gasteiger partial charge < -0.3 is 9.47 Å². The molecule has 2 fully saturated rings. The zero-order valence-electron chi connectivity index (χ0n) is 10.6. The molecule has 0 aromatic rings. The molecule has 2 aliphatic carbocycles. The Hall–Kier alpha value is -1.32. The molecule has 0 aromatic carbocycles. The third-order valence-electron chi connectivity index (χ3n) is 4.46. The lowest BCUT2D eigenvalue weighted by atomic mass is 9.68. The minimum atomic E-state index is -0.662. The summed E-state index contributed by atoms with van der Waals surface area (Å²) in [6, 6.07) is 0. The number of rotatable bonds is 2. The molecule has 4 nitrogen and oxygen atoms in total. The summed E-state index contributed by atoms with van der Waals surface area (Å²) < 4.78 is 11.0. The SMILES string of the molecule is CCOC(=O)C12CCCC=C1OC1C(=O)CCC12. The van der Waals surface area contributed by atoms with Crippen molar-refractivity contribution in [1.82, 2.24) is 0 Å². The van der Waals surface area contributed by atoms with E-state index in [2.05, 4.69) is 0 Å².